The lowest BCUT2D eigenvalue weighted by Gasteiger charge is -2.22. The summed E-state index contributed by atoms with van der Waals surface area (Å²) in [5.74, 6) is -0.334. The van der Waals surface area contributed by atoms with Crippen LogP contribution in [0.25, 0.3) is 21.3 Å². The minimum atomic E-state index is -0.800. The van der Waals surface area contributed by atoms with Crippen molar-refractivity contribution < 1.29 is 4.79 Å². The molecule has 2 aromatic heterocycles. The van der Waals surface area contributed by atoms with Gasteiger partial charge in [-0.05, 0) is 56.2 Å². The molecule has 7 heteroatoms. The molecule has 1 saturated carbocycles. The Hall–Kier alpha value is -2.98. The fourth-order valence-corrected chi connectivity index (χ4v) is 4.81. The van der Waals surface area contributed by atoms with Gasteiger partial charge in [0.2, 0.25) is 5.91 Å². The van der Waals surface area contributed by atoms with Crippen molar-refractivity contribution in [1.82, 2.24) is 14.9 Å². The Balaban J connectivity index is 1.67. The Labute approximate surface area is 172 Å². The van der Waals surface area contributed by atoms with E-state index in [4.69, 9.17) is 0 Å². The van der Waals surface area contributed by atoms with Gasteiger partial charge in [-0.15, -0.1) is 11.3 Å². The number of aromatic nitrogens is 2. The number of aryl methyl sites for hydroxylation is 2. The number of hydrogen-bond acceptors (Lipinski definition) is 5. The highest BCUT2D eigenvalue weighted by Gasteiger charge is 2.35. The highest BCUT2D eigenvalue weighted by atomic mass is 32.1. The average Bonchev–Trinajstić information content (AvgIpc) is 3.34. The number of nitriles is 1. The number of thiophene rings is 1. The number of nitrogens with zero attached hydrogens (tertiary/aromatic N) is 3. The molecule has 0 spiro atoms. The maximum Gasteiger partial charge on any atom is 0.263 e. The van der Waals surface area contributed by atoms with Gasteiger partial charge in [0.15, 0.2) is 0 Å². The van der Waals surface area contributed by atoms with Gasteiger partial charge in [-0.3, -0.25) is 14.2 Å². The molecule has 0 bridgehead atoms. The summed E-state index contributed by atoms with van der Waals surface area (Å²) in [7, 11) is 0. The standard InChI is InChI=1S/C22H22N4O2S/c1-14-5-6-16(9-15(14)2)17-11-29-20-19(17)21(28)26(13-24-20)10-18(27)25-22(12-23)7-3-4-8-22/h5-6,9,11,13H,3-4,7-8,10H2,1-2H3,(H,25,27). The van der Waals surface area contributed by atoms with E-state index in [9.17, 15) is 14.9 Å². The summed E-state index contributed by atoms with van der Waals surface area (Å²) in [5, 5.41) is 14.8. The van der Waals surface area contributed by atoms with Crippen LogP contribution in [-0.2, 0) is 11.3 Å². The van der Waals surface area contributed by atoms with Crippen LogP contribution in [0, 0.1) is 25.2 Å². The zero-order chi connectivity index (χ0) is 20.6. The van der Waals surface area contributed by atoms with Crippen LogP contribution in [0.15, 0.2) is 34.7 Å². The third kappa shape index (κ3) is 3.56. The maximum atomic E-state index is 13.1. The second-order valence-electron chi connectivity index (χ2n) is 7.76. The van der Waals surface area contributed by atoms with Crippen molar-refractivity contribution in [2.75, 3.05) is 0 Å². The monoisotopic (exact) mass is 406 g/mol. The molecule has 3 aromatic rings. The van der Waals surface area contributed by atoms with Gasteiger partial charge in [0.1, 0.15) is 16.9 Å². The third-order valence-electron chi connectivity index (χ3n) is 5.74. The van der Waals surface area contributed by atoms with Crippen molar-refractivity contribution in [2.24, 2.45) is 0 Å². The van der Waals surface area contributed by atoms with Gasteiger partial charge in [-0.2, -0.15) is 5.26 Å². The summed E-state index contributed by atoms with van der Waals surface area (Å²) in [4.78, 5) is 30.7. The lowest BCUT2D eigenvalue weighted by molar-refractivity contribution is -0.123. The van der Waals surface area contributed by atoms with Crippen LogP contribution in [0.1, 0.15) is 36.8 Å². The van der Waals surface area contributed by atoms with Gasteiger partial charge in [0, 0.05) is 10.9 Å². The Bertz CT molecular complexity index is 1200. The number of benzene rings is 1. The van der Waals surface area contributed by atoms with Crippen LogP contribution in [0.5, 0.6) is 0 Å². The molecule has 1 aromatic carbocycles. The first-order valence-electron chi connectivity index (χ1n) is 9.69. The summed E-state index contributed by atoms with van der Waals surface area (Å²) >= 11 is 1.42. The highest BCUT2D eigenvalue weighted by molar-refractivity contribution is 7.17. The first-order chi connectivity index (χ1) is 13.9. The van der Waals surface area contributed by atoms with E-state index in [0.29, 0.717) is 23.1 Å². The molecule has 0 unspecified atom stereocenters. The number of fused-ring (bicyclic) bond motifs is 1. The minimum absolute atomic E-state index is 0.145. The predicted octanol–water partition coefficient (Wildman–Crippen LogP) is 3.69. The first kappa shape index (κ1) is 19.3. The smallest absolute Gasteiger partial charge is 0.263 e. The van der Waals surface area contributed by atoms with Crippen LogP contribution in [0.3, 0.4) is 0 Å². The van der Waals surface area contributed by atoms with Crippen LogP contribution in [0.4, 0.5) is 0 Å². The third-order valence-corrected chi connectivity index (χ3v) is 6.63. The lowest BCUT2D eigenvalue weighted by atomic mass is 10.00. The van der Waals surface area contributed by atoms with E-state index < -0.39 is 5.54 Å². The lowest BCUT2D eigenvalue weighted by Crippen LogP contribution is -2.47. The number of rotatable bonds is 4. The Kier molecular flexibility index (Phi) is 4.97. The van der Waals surface area contributed by atoms with Crippen LogP contribution in [-0.4, -0.2) is 21.0 Å². The molecule has 0 radical (unpaired) electrons. The van der Waals surface area contributed by atoms with Crippen LogP contribution >= 0.6 is 11.3 Å². The molecular weight excluding hydrogens is 384 g/mol. The van der Waals surface area contributed by atoms with Gasteiger partial charge in [-0.1, -0.05) is 18.2 Å². The molecule has 2 heterocycles. The molecule has 0 aliphatic heterocycles. The summed E-state index contributed by atoms with van der Waals surface area (Å²) in [6.07, 6.45) is 4.58. The van der Waals surface area contributed by atoms with Crippen molar-refractivity contribution in [3.63, 3.8) is 0 Å². The van der Waals surface area contributed by atoms with E-state index in [2.05, 4.69) is 29.4 Å². The van der Waals surface area contributed by atoms with E-state index in [1.54, 1.807) is 0 Å². The molecule has 0 saturated heterocycles. The van der Waals surface area contributed by atoms with Gasteiger partial charge in [0.05, 0.1) is 17.8 Å². The molecule has 1 aliphatic rings. The minimum Gasteiger partial charge on any atom is -0.336 e. The number of hydrogen-bond donors (Lipinski definition) is 1. The van der Waals surface area contributed by atoms with Gasteiger partial charge in [-0.25, -0.2) is 4.98 Å². The zero-order valence-electron chi connectivity index (χ0n) is 16.5. The fourth-order valence-electron chi connectivity index (χ4n) is 3.91. The molecular formula is C22H22N4O2S. The number of amides is 1. The SMILES string of the molecule is Cc1ccc(-c2csc3ncn(CC(=O)NC4(C#N)CCCC4)c(=O)c23)cc1C. The molecule has 0 atom stereocenters. The van der Waals surface area contributed by atoms with Crippen molar-refractivity contribution in [3.8, 4) is 17.2 Å². The van der Waals surface area contributed by atoms with Gasteiger partial charge >= 0.3 is 0 Å². The molecule has 1 fully saturated rings. The van der Waals surface area contributed by atoms with Crippen molar-refractivity contribution >= 4 is 27.5 Å². The number of carbonyl (C=O) groups excluding carboxylic acids is 1. The second-order valence-corrected chi connectivity index (χ2v) is 8.61. The fraction of sp³-hybridized carbons (Fsp3) is 0.364. The molecule has 148 valence electrons. The molecule has 29 heavy (non-hydrogen) atoms. The van der Waals surface area contributed by atoms with Gasteiger partial charge in [0.25, 0.3) is 5.56 Å². The second kappa shape index (κ2) is 7.45. The normalized spacial score (nSPS) is 15.3. The molecule has 4 rings (SSSR count). The largest absolute Gasteiger partial charge is 0.336 e. The van der Waals surface area contributed by atoms with E-state index in [-0.39, 0.29) is 18.0 Å². The molecule has 1 N–H and O–H groups in total. The first-order valence-corrected chi connectivity index (χ1v) is 10.6. The molecule has 6 nitrogen and oxygen atoms in total. The van der Waals surface area contributed by atoms with Gasteiger partial charge < -0.3 is 5.32 Å². The Morgan fingerprint density at radius 2 is 2.07 bits per heavy atom. The van der Waals surface area contributed by atoms with Crippen molar-refractivity contribution in [2.45, 2.75) is 51.6 Å². The van der Waals surface area contributed by atoms with E-state index in [1.807, 2.05) is 24.4 Å². The number of nitrogens with one attached hydrogen (secondary N) is 1. The van der Waals surface area contributed by atoms with E-state index in [0.717, 1.165) is 29.5 Å². The predicted molar refractivity (Wildman–Crippen MR) is 114 cm³/mol. The number of carbonyl (C=O) groups is 1. The Morgan fingerprint density at radius 1 is 1.31 bits per heavy atom. The topological polar surface area (TPSA) is 87.8 Å². The summed E-state index contributed by atoms with van der Waals surface area (Å²) < 4.78 is 1.33. The maximum absolute atomic E-state index is 13.1. The van der Waals surface area contributed by atoms with Crippen molar-refractivity contribution in [3.05, 3.63) is 51.4 Å². The van der Waals surface area contributed by atoms with Crippen LogP contribution < -0.4 is 10.9 Å². The van der Waals surface area contributed by atoms with Crippen molar-refractivity contribution in [1.29, 1.82) is 5.26 Å². The summed E-state index contributed by atoms with van der Waals surface area (Å²) in [6.45, 7) is 3.95. The average molecular weight is 407 g/mol. The zero-order valence-corrected chi connectivity index (χ0v) is 17.3. The van der Waals surface area contributed by atoms with E-state index >= 15 is 0 Å². The Morgan fingerprint density at radius 3 is 2.76 bits per heavy atom. The highest BCUT2D eigenvalue weighted by Crippen LogP contribution is 2.32. The molecule has 1 amide bonds. The quantitative estimate of drug-likeness (QED) is 0.716. The van der Waals surface area contributed by atoms with Crippen LogP contribution in [0.2, 0.25) is 0 Å². The molecule has 1 aliphatic carbocycles. The summed E-state index contributed by atoms with van der Waals surface area (Å²) in [6, 6.07) is 8.35. The summed E-state index contributed by atoms with van der Waals surface area (Å²) in [5.41, 5.74) is 3.12. The van der Waals surface area contributed by atoms with E-state index in [1.165, 1.54) is 27.8 Å².